The molecule has 0 spiro atoms. The van der Waals surface area contributed by atoms with Crippen LogP contribution in [0, 0.1) is 5.92 Å². The maximum atomic E-state index is 11.6. The molecule has 0 rings (SSSR count). The van der Waals surface area contributed by atoms with Crippen LogP contribution < -0.4 is 5.73 Å². The summed E-state index contributed by atoms with van der Waals surface area (Å²) in [7, 11) is 0. The lowest BCUT2D eigenvalue weighted by atomic mass is 9.96. The quantitative estimate of drug-likeness (QED) is 0.572. The number of Topliss-reactive ketones (excluding diaryl/α,β-unsaturated/α-hetero) is 1. The molecule has 15 heavy (non-hydrogen) atoms. The van der Waals surface area contributed by atoms with Gasteiger partial charge in [0.15, 0.2) is 5.78 Å². The number of alkyl halides is 1. The third-order valence-corrected chi connectivity index (χ3v) is 2.47. The Labute approximate surface area is 98.0 Å². The number of ketones is 1. The minimum Gasteiger partial charge on any atom is -0.449 e. The van der Waals surface area contributed by atoms with E-state index in [4.69, 9.17) is 5.73 Å². The average Bonchev–Trinajstić information content (AvgIpc) is 2.16. The summed E-state index contributed by atoms with van der Waals surface area (Å²) in [4.78, 5) is 22.0. The van der Waals surface area contributed by atoms with Crippen molar-refractivity contribution in [3.63, 3.8) is 0 Å². The van der Waals surface area contributed by atoms with E-state index in [1.807, 2.05) is 0 Å². The smallest absolute Gasteiger partial charge is 0.404 e. The van der Waals surface area contributed by atoms with Gasteiger partial charge >= 0.3 is 6.09 Å². The Morgan fingerprint density at radius 1 is 1.53 bits per heavy atom. The van der Waals surface area contributed by atoms with Crippen molar-refractivity contribution in [3.8, 4) is 0 Å². The molecule has 4 nitrogen and oxygen atoms in total. The second kappa shape index (κ2) is 7.45. The van der Waals surface area contributed by atoms with Crippen LogP contribution in [0.1, 0.15) is 19.8 Å². The summed E-state index contributed by atoms with van der Waals surface area (Å²) >= 11 is 3.28. The highest BCUT2D eigenvalue weighted by Crippen LogP contribution is 2.13. The Balaban J connectivity index is 4.23. The lowest BCUT2D eigenvalue weighted by Gasteiger charge is -2.14. The second-order valence-corrected chi connectivity index (χ2v) is 4.10. The largest absolute Gasteiger partial charge is 0.449 e. The van der Waals surface area contributed by atoms with Gasteiger partial charge in [-0.05, 0) is 25.3 Å². The summed E-state index contributed by atoms with van der Waals surface area (Å²) in [6, 6.07) is 0. The molecular formula is C10H16BrNO3. The Hall–Kier alpha value is -0.840. The van der Waals surface area contributed by atoms with Gasteiger partial charge in [0.05, 0.1) is 5.92 Å². The second-order valence-electron chi connectivity index (χ2n) is 3.30. The van der Waals surface area contributed by atoms with Crippen LogP contribution in [0.3, 0.4) is 0 Å². The molecule has 0 radical (unpaired) electrons. The van der Waals surface area contributed by atoms with E-state index in [1.165, 1.54) is 0 Å². The third kappa shape index (κ3) is 6.28. The number of hydrogen-bond acceptors (Lipinski definition) is 3. The minimum atomic E-state index is -0.853. The monoisotopic (exact) mass is 277 g/mol. The minimum absolute atomic E-state index is 0.0357. The van der Waals surface area contributed by atoms with E-state index >= 15 is 0 Å². The predicted molar refractivity (Wildman–Crippen MR) is 61.9 cm³/mol. The predicted octanol–water partition coefficient (Wildman–Crippen LogP) is 2.02. The lowest BCUT2D eigenvalue weighted by Crippen LogP contribution is -2.25. The van der Waals surface area contributed by atoms with Crippen LogP contribution in [0.5, 0.6) is 0 Å². The van der Waals surface area contributed by atoms with Crippen molar-refractivity contribution in [2.24, 2.45) is 11.7 Å². The molecule has 2 N–H and O–H groups in total. The van der Waals surface area contributed by atoms with Gasteiger partial charge < -0.3 is 10.5 Å². The first-order chi connectivity index (χ1) is 6.99. The van der Waals surface area contributed by atoms with Gasteiger partial charge in [-0.3, -0.25) is 4.79 Å². The van der Waals surface area contributed by atoms with Gasteiger partial charge in [-0.25, -0.2) is 4.79 Å². The van der Waals surface area contributed by atoms with Crippen LogP contribution in [0.4, 0.5) is 4.79 Å². The van der Waals surface area contributed by atoms with Crippen molar-refractivity contribution in [3.05, 3.63) is 12.2 Å². The van der Waals surface area contributed by atoms with Crippen molar-refractivity contribution in [1.82, 2.24) is 0 Å². The highest BCUT2D eigenvalue weighted by molar-refractivity contribution is 9.09. The Bertz CT molecular complexity index is 253. The molecule has 5 heteroatoms. The fourth-order valence-electron chi connectivity index (χ4n) is 1.14. The standard InChI is InChI=1S/C10H16BrNO3/c1-7(2)9(13)8(4-3-5-11)6-15-10(12)14/h8H,1,3-6H2,2H3,(H2,12,14). The summed E-state index contributed by atoms with van der Waals surface area (Å²) in [6.07, 6.45) is 0.643. The van der Waals surface area contributed by atoms with E-state index in [2.05, 4.69) is 27.2 Å². The van der Waals surface area contributed by atoms with Crippen molar-refractivity contribution < 1.29 is 14.3 Å². The van der Waals surface area contributed by atoms with Gasteiger partial charge in [0, 0.05) is 5.33 Å². The molecule has 0 aromatic carbocycles. The Morgan fingerprint density at radius 3 is 2.53 bits per heavy atom. The molecule has 0 bridgehead atoms. The molecule has 0 aliphatic rings. The molecule has 1 amide bonds. The van der Waals surface area contributed by atoms with Gasteiger partial charge in [0.1, 0.15) is 6.61 Å². The van der Waals surface area contributed by atoms with E-state index in [0.29, 0.717) is 12.0 Å². The zero-order valence-electron chi connectivity index (χ0n) is 8.79. The van der Waals surface area contributed by atoms with E-state index in [0.717, 1.165) is 11.8 Å². The van der Waals surface area contributed by atoms with E-state index in [-0.39, 0.29) is 18.3 Å². The fourth-order valence-corrected chi connectivity index (χ4v) is 1.47. The maximum absolute atomic E-state index is 11.6. The number of carbonyl (C=O) groups is 2. The number of halogens is 1. The average molecular weight is 278 g/mol. The number of nitrogens with two attached hydrogens (primary N) is 1. The van der Waals surface area contributed by atoms with Gasteiger partial charge in [0.25, 0.3) is 0 Å². The molecule has 0 aliphatic heterocycles. The SMILES string of the molecule is C=C(C)C(=O)C(CCCBr)COC(N)=O. The molecule has 0 aliphatic carbocycles. The maximum Gasteiger partial charge on any atom is 0.404 e. The van der Waals surface area contributed by atoms with Gasteiger partial charge in [-0.1, -0.05) is 22.5 Å². The Morgan fingerprint density at radius 2 is 2.13 bits per heavy atom. The topological polar surface area (TPSA) is 69.4 Å². The molecule has 0 heterocycles. The van der Waals surface area contributed by atoms with Crippen LogP contribution in [0.25, 0.3) is 0 Å². The van der Waals surface area contributed by atoms with Crippen LogP contribution in [0.2, 0.25) is 0 Å². The molecule has 0 fully saturated rings. The van der Waals surface area contributed by atoms with Gasteiger partial charge in [-0.2, -0.15) is 0 Å². The first-order valence-electron chi connectivity index (χ1n) is 4.67. The van der Waals surface area contributed by atoms with Crippen LogP contribution in [-0.2, 0) is 9.53 Å². The molecule has 0 saturated heterocycles. The molecule has 0 saturated carbocycles. The van der Waals surface area contributed by atoms with Gasteiger partial charge in [-0.15, -0.1) is 0 Å². The molecule has 0 aromatic rings. The van der Waals surface area contributed by atoms with Crippen molar-refractivity contribution in [2.75, 3.05) is 11.9 Å². The summed E-state index contributed by atoms with van der Waals surface area (Å²) in [5.41, 5.74) is 5.32. The van der Waals surface area contributed by atoms with Gasteiger partial charge in [0.2, 0.25) is 0 Å². The van der Waals surface area contributed by atoms with Crippen molar-refractivity contribution in [1.29, 1.82) is 0 Å². The summed E-state index contributed by atoms with van der Waals surface area (Å²) in [5, 5.41) is 0.809. The Kier molecular flexibility index (Phi) is 7.03. The number of primary amides is 1. The number of rotatable bonds is 7. The van der Waals surface area contributed by atoms with Crippen LogP contribution >= 0.6 is 15.9 Å². The lowest BCUT2D eigenvalue weighted by molar-refractivity contribution is -0.120. The number of hydrogen-bond donors (Lipinski definition) is 1. The number of carbonyl (C=O) groups excluding carboxylic acids is 2. The zero-order valence-corrected chi connectivity index (χ0v) is 10.4. The molecule has 1 atom stereocenters. The highest BCUT2D eigenvalue weighted by Gasteiger charge is 2.19. The summed E-state index contributed by atoms with van der Waals surface area (Å²) in [6.45, 7) is 5.26. The highest BCUT2D eigenvalue weighted by atomic mass is 79.9. The molecule has 0 aromatic heterocycles. The normalized spacial score (nSPS) is 11.9. The fraction of sp³-hybridized carbons (Fsp3) is 0.600. The van der Waals surface area contributed by atoms with Crippen molar-refractivity contribution >= 4 is 27.8 Å². The van der Waals surface area contributed by atoms with E-state index in [1.54, 1.807) is 6.92 Å². The van der Waals surface area contributed by atoms with Crippen LogP contribution in [0.15, 0.2) is 12.2 Å². The molecule has 1 unspecified atom stereocenters. The number of amides is 1. The number of allylic oxidation sites excluding steroid dienone is 1. The molecular weight excluding hydrogens is 262 g/mol. The van der Waals surface area contributed by atoms with Crippen LogP contribution in [-0.4, -0.2) is 23.8 Å². The zero-order chi connectivity index (χ0) is 11.8. The van der Waals surface area contributed by atoms with E-state index < -0.39 is 6.09 Å². The van der Waals surface area contributed by atoms with Crippen molar-refractivity contribution in [2.45, 2.75) is 19.8 Å². The third-order valence-electron chi connectivity index (χ3n) is 1.90. The summed E-state index contributed by atoms with van der Waals surface area (Å²) < 4.78 is 4.63. The summed E-state index contributed by atoms with van der Waals surface area (Å²) in [5.74, 6) is -0.398. The van der Waals surface area contributed by atoms with E-state index in [9.17, 15) is 9.59 Å². The molecule has 86 valence electrons. The number of ether oxygens (including phenoxy) is 1. The first kappa shape index (κ1) is 14.2. The first-order valence-corrected chi connectivity index (χ1v) is 5.79.